The molecule has 7 nitrogen and oxygen atoms in total. The Bertz CT molecular complexity index is 889. The summed E-state index contributed by atoms with van der Waals surface area (Å²) in [6.45, 7) is 15.3. The molecule has 2 heterocycles. The highest BCUT2D eigenvalue weighted by atomic mass is 16.5. The number of fused-ring (bicyclic) bond motifs is 1. The number of nitrogens with zero attached hydrogens (tertiary/aromatic N) is 3. The number of aromatic nitrogens is 3. The van der Waals surface area contributed by atoms with E-state index in [1.807, 2.05) is 46.2 Å². The van der Waals surface area contributed by atoms with Crippen LogP contribution in [0, 0.1) is 6.92 Å². The van der Waals surface area contributed by atoms with Gasteiger partial charge in [0.15, 0.2) is 5.65 Å². The van der Waals surface area contributed by atoms with Gasteiger partial charge in [-0.2, -0.15) is 5.10 Å². The SMILES string of the molecule is COC(=O)C(C)(C)NC(=O)c1cc(C(C)C)nc2c1c(C)nn2C(C)(C)C. The normalized spacial score (nSPS) is 12.5. The molecule has 0 unspecified atom stereocenters. The van der Waals surface area contributed by atoms with Crippen LogP contribution in [0.1, 0.15) is 76.1 Å². The summed E-state index contributed by atoms with van der Waals surface area (Å²) in [4.78, 5) is 29.9. The Labute approximate surface area is 160 Å². The zero-order valence-electron chi connectivity index (χ0n) is 17.7. The Morgan fingerprint density at radius 2 is 1.78 bits per heavy atom. The lowest BCUT2D eigenvalue weighted by Gasteiger charge is -2.24. The summed E-state index contributed by atoms with van der Waals surface area (Å²) in [6.07, 6.45) is 0. The van der Waals surface area contributed by atoms with Gasteiger partial charge in [-0.3, -0.25) is 4.79 Å². The minimum Gasteiger partial charge on any atom is -0.467 e. The predicted molar refractivity (Wildman–Crippen MR) is 105 cm³/mol. The maximum absolute atomic E-state index is 13.1. The van der Waals surface area contributed by atoms with E-state index in [0.717, 1.165) is 11.4 Å². The summed E-state index contributed by atoms with van der Waals surface area (Å²) in [6, 6.07) is 1.79. The third-order valence-electron chi connectivity index (χ3n) is 4.43. The van der Waals surface area contributed by atoms with Crippen molar-refractivity contribution in [2.75, 3.05) is 7.11 Å². The molecular weight excluding hydrogens is 344 g/mol. The number of carbonyl (C=O) groups excluding carboxylic acids is 2. The summed E-state index contributed by atoms with van der Waals surface area (Å²) >= 11 is 0. The molecule has 0 spiro atoms. The van der Waals surface area contributed by atoms with Crippen molar-refractivity contribution in [1.82, 2.24) is 20.1 Å². The molecule has 0 aliphatic heterocycles. The van der Waals surface area contributed by atoms with Crippen LogP contribution < -0.4 is 5.32 Å². The van der Waals surface area contributed by atoms with Gasteiger partial charge in [-0.25, -0.2) is 14.5 Å². The summed E-state index contributed by atoms with van der Waals surface area (Å²) in [5, 5.41) is 8.11. The molecule has 0 aliphatic rings. The van der Waals surface area contributed by atoms with Gasteiger partial charge in [-0.15, -0.1) is 0 Å². The maximum Gasteiger partial charge on any atom is 0.330 e. The Balaban J connectivity index is 2.70. The van der Waals surface area contributed by atoms with E-state index in [-0.39, 0.29) is 17.4 Å². The zero-order chi connectivity index (χ0) is 20.7. The van der Waals surface area contributed by atoms with Crippen molar-refractivity contribution >= 4 is 22.9 Å². The van der Waals surface area contributed by atoms with Crippen molar-refractivity contribution in [1.29, 1.82) is 0 Å². The minimum atomic E-state index is -1.15. The number of aryl methyl sites for hydroxylation is 1. The van der Waals surface area contributed by atoms with Gasteiger partial charge in [0, 0.05) is 5.69 Å². The van der Waals surface area contributed by atoms with E-state index in [1.54, 1.807) is 19.9 Å². The highest BCUT2D eigenvalue weighted by Gasteiger charge is 2.33. The van der Waals surface area contributed by atoms with Crippen LogP contribution in [0.15, 0.2) is 6.07 Å². The molecule has 2 rings (SSSR count). The Morgan fingerprint density at radius 1 is 1.19 bits per heavy atom. The fourth-order valence-electron chi connectivity index (χ4n) is 2.91. The number of nitrogens with one attached hydrogen (secondary N) is 1. The van der Waals surface area contributed by atoms with E-state index in [9.17, 15) is 9.59 Å². The van der Waals surface area contributed by atoms with Crippen molar-refractivity contribution in [3.8, 4) is 0 Å². The van der Waals surface area contributed by atoms with E-state index in [0.29, 0.717) is 16.6 Å². The van der Waals surface area contributed by atoms with E-state index >= 15 is 0 Å². The number of rotatable bonds is 4. The van der Waals surface area contributed by atoms with Gasteiger partial charge in [-0.1, -0.05) is 13.8 Å². The Hall–Kier alpha value is -2.44. The number of amides is 1. The number of pyridine rings is 1. The van der Waals surface area contributed by atoms with Crippen molar-refractivity contribution in [3.63, 3.8) is 0 Å². The first-order valence-electron chi connectivity index (χ1n) is 9.11. The molecule has 0 aromatic carbocycles. The lowest BCUT2D eigenvalue weighted by molar-refractivity contribution is -0.146. The molecule has 1 N–H and O–H groups in total. The second-order valence-electron chi connectivity index (χ2n) is 8.69. The number of esters is 1. The topological polar surface area (TPSA) is 86.1 Å². The number of hydrogen-bond acceptors (Lipinski definition) is 5. The van der Waals surface area contributed by atoms with Crippen LogP contribution in [0.5, 0.6) is 0 Å². The first kappa shape index (κ1) is 20.9. The van der Waals surface area contributed by atoms with Gasteiger partial charge >= 0.3 is 5.97 Å². The molecule has 2 aromatic rings. The number of carbonyl (C=O) groups is 2. The van der Waals surface area contributed by atoms with Crippen LogP contribution in [0.25, 0.3) is 11.0 Å². The molecule has 0 fully saturated rings. The lowest BCUT2D eigenvalue weighted by atomic mass is 10.0. The van der Waals surface area contributed by atoms with Crippen LogP contribution in [-0.4, -0.2) is 39.3 Å². The van der Waals surface area contributed by atoms with Gasteiger partial charge < -0.3 is 10.1 Å². The fraction of sp³-hybridized carbons (Fsp3) is 0.600. The summed E-state index contributed by atoms with van der Waals surface area (Å²) in [7, 11) is 1.30. The second-order valence-corrected chi connectivity index (χ2v) is 8.69. The monoisotopic (exact) mass is 374 g/mol. The number of ether oxygens (including phenoxy) is 1. The lowest BCUT2D eigenvalue weighted by Crippen LogP contribution is -2.50. The predicted octanol–water partition coefficient (Wildman–Crippen LogP) is 3.30. The van der Waals surface area contributed by atoms with Crippen molar-refractivity contribution < 1.29 is 14.3 Å². The quantitative estimate of drug-likeness (QED) is 0.830. The highest BCUT2D eigenvalue weighted by molar-refractivity contribution is 6.08. The molecule has 148 valence electrons. The van der Waals surface area contributed by atoms with Gasteiger partial charge in [0.1, 0.15) is 5.54 Å². The van der Waals surface area contributed by atoms with Crippen molar-refractivity contribution in [3.05, 3.63) is 23.0 Å². The molecule has 0 radical (unpaired) electrons. The first-order chi connectivity index (χ1) is 12.3. The molecule has 7 heteroatoms. The van der Waals surface area contributed by atoms with Crippen molar-refractivity contribution in [2.24, 2.45) is 0 Å². The molecule has 0 saturated carbocycles. The highest BCUT2D eigenvalue weighted by Crippen LogP contribution is 2.29. The molecule has 0 atom stereocenters. The van der Waals surface area contributed by atoms with Gasteiger partial charge in [0.2, 0.25) is 0 Å². The summed E-state index contributed by atoms with van der Waals surface area (Å²) in [5.74, 6) is -0.721. The molecule has 27 heavy (non-hydrogen) atoms. The van der Waals surface area contributed by atoms with Crippen LogP contribution in [0.4, 0.5) is 0 Å². The first-order valence-corrected chi connectivity index (χ1v) is 9.11. The minimum absolute atomic E-state index is 0.137. The van der Waals surface area contributed by atoms with E-state index in [1.165, 1.54) is 7.11 Å². The third kappa shape index (κ3) is 3.96. The average molecular weight is 374 g/mol. The molecule has 0 saturated heterocycles. The van der Waals surface area contributed by atoms with E-state index < -0.39 is 11.5 Å². The fourth-order valence-corrected chi connectivity index (χ4v) is 2.91. The van der Waals surface area contributed by atoms with E-state index in [2.05, 4.69) is 10.4 Å². The molecule has 2 aromatic heterocycles. The second kappa shape index (κ2) is 6.94. The van der Waals surface area contributed by atoms with Crippen LogP contribution >= 0.6 is 0 Å². The molecule has 1 amide bonds. The Morgan fingerprint density at radius 3 is 2.26 bits per heavy atom. The van der Waals surface area contributed by atoms with Crippen LogP contribution in [0.2, 0.25) is 0 Å². The maximum atomic E-state index is 13.1. The van der Waals surface area contributed by atoms with Crippen molar-refractivity contribution in [2.45, 2.75) is 72.4 Å². The number of hydrogen-bond donors (Lipinski definition) is 1. The Kier molecular flexibility index (Phi) is 5.37. The standard InChI is InChI=1S/C20H30N4O3/c1-11(2)14-10-13(17(25)22-20(7,8)18(26)27-9)15-12(3)23-24(16(15)21-14)19(4,5)6/h10-11H,1-9H3,(H,22,25). The molecule has 0 bridgehead atoms. The summed E-state index contributed by atoms with van der Waals surface area (Å²) < 4.78 is 6.64. The van der Waals surface area contributed by atoms with Gasteiger partial charge in [0.05, 0.1) is 29.3 Å². The number of methoxy groups -OCH3 is 1. The zero-order valence-corrected chi connectivity index (χ0v) is 17.7. The molecular formula is C20H30N4O3. The summed E-state index contributed by atoms with van der Waals surface area (Å²) in [5.41, 5.74) is 1.24. The van der Waals surface area contributed by atoms with Crippen LogP contribution in [-0.2, 0) is 15.1 Å². The van der Waals surface area contributed by atoms with Gasteiger partial charge in [-0.05, 0) is 53.5 Å². The van der Waals surface area contributed by atoms with Gasteiger partial charge in [0.25, 0.3) is 5.91 Å². The largest absolute Gasteiger partial charge is 0.467 e. The molecule has 0 aliphatic carbocycles. The average Bonchev–Trinajstić information content (AvgIpc) is 2.89. The van der Waals surface area contributed by atoms with E-state index in [4.69, 9.17) is 9.72 Å². The van der Waals surface area contributed by atoms with Crippen LogP contribution in [0.3, 0.4) is 0 Å². The third-order valence-corrected chi connectivity index (χ3v) is 4.43. The smallest absolute Gasteiger partial charge is 0.330 e.